The maximum atomic E-state index is 10.6. The molecule has 5 heteroatoms. The summed E-state index contributed by atoms with van der Waals surface area (Å²) in [7, 11) is -3.50. The van der Waals surface area contributed by atoms with Gasteiger partial charge in [-0.2, -0.15) is 0 Å². The van der Waals surface area contributed by atoms with Crippen molar-refractivity contribution in [3.8, 4) is 0 Å². The van der Waals surface area contributed by atoms with Crippen LogP contribution in [-0.4, -0.2) is 8.42 Å². The molecule has 0 saturated heterocycles. The Kier molecular flexibility index (Phi) is 4.28. The fraction of sp³-hybridized carbons (Fsp3) is 0. The molecule has 3 nitrogen and oxygen atoms in total. The van der Waals surface area contributed by atoms with E-state index in [1.165, 1.54) is 12.1 Å². The van der Waals surface area contributed by atoms with Crippen LogP contribution in [0, 0.1) is 0 Å². The van der Waals surface area contributed by atoms with Crippen molar-refractivity contribution in [2.24, 2.45) is 5.14 Å². The normalized spacial score (nSPS) is 10.3. The van der Waals surface area contributed by atoms with Gasteiger partial charge in [0.2, 0.25) is 10.0 Å². The predicted octanol–water partition coefficient (Wildman–Crippen LogP) is -2.55. The van der Waals surface area contributed by atoms with Crippen LogP contribution in [0.1, 0.15) is 1.43 Å². The van der Waals surface area contributed by atoms with Crippen LogP contribution in [0.5, 0.6) is 0 Å². The molecule has 0 spiro atoms. The Balaban J connectivity index is 0. The molecule has 11 heavy (non-hydrogen) atoms. The second-order valence-corrected chi connectivity index (χ2v) is 3.42. The minimum absolute atomic E-state index is 0. The van der Waals surface area contributed by atoms with Crippen molar-refractivity contribution in [1.82, 2.24) is 0 Å². The molecule has 0 bridgehead atoms. The smallest absolute Gasteiger partial charge is 1.00 e. The molecule has 0 atom stereocenters. The van der Waals surface area contributed by atoms with Gasteiger partial charge >= 0.3 is 29.6 Å². The van der Waals surface area contributed by atoms with E-state index in [2.05, 4.69) is 0 Å². The molecule has 0 amide bonds. The van der Waals surface area contributed by atoms with E-state index in [0.717, 1.165) is 0 Å². The van der Waals surface area contributed by atoms with Gasteiger partial charge in [0.25, 0.3) is 0 Å². The van der Waals surface area contributed by atoms with E-state index in [1.54, 1.807) is 18.2 Å². The van der Waals surface area contributed by atoms with E-state index >= 15 is 0 Å². The number of nitrogens with two attached hydrogens (primary N) is 1. The molecule has 1 rings (SSSR count). The fourth-order valence-corrected chi connectivity index (χ4v) is 1.15. The summed E-state index contributed by atoms with van der Waals surface area (Å²) in [6.45, 7) is 0. The van der Waals surface area contributed by atoms with Crippen molar-refractivity contribution in [3.63, 3.8) is 0 Å². The molecule has 1 aromatic carbocycles. The van der Waals surface area contributed by atoms with Crippen molar-refractivity contribution in [2.75, 3.05) is 0 Å². The topological polar surface area (TPSA) is 60.2 Å². The zero-order valence-corrected chi connectivity index (χ0v) is 9.01. The number of primary sulfonamides is 1. The Bertz CT molecular complexity index is 314. The largest absolute Gasteiger partial charge is 1.00 e. The Hall–Kier alpha value is 0.130. The molecule has 0 heterocycles. The summed E-state index contributed by atoms with van der Waals surface area (Å²) in [5, 5.41) is 4.83. The Morgan fingerprint density at radius 1 is 1.18 bits per heavy atom. The standard InChI is InChI=1S/C6H7NO2S.Na.H/c7-10(8,9)6-4-2-1-3-5-6;;/h1-5H,(H2,7,8,9);;/q;+1;-1. The molecule has 0 aliphatic carbocycles. The number of hydrogen-bond acceptors (Lipinski definition) is 2. The van der Waals surface area contributed by atoms with Crippen LogP contribution >= 0.6 is 0 Å². The number of benzene rings is 1. The second-order valence-electron chi connectivity index (χ2n) is 1.86. The van der Waals surface area contributed by atoms with Crippen molar-refractivity contribution in [3.05, 3.63) is 30.3 Å². The minimum atomic E-state index is -3.50. The van der Waals surface area contributed by atoms with Gasteiger partial charge in [0.1, 0.15) is 0 Å². The van der Waals surface area contributed by atoms with E-state index in [4.69, 9.17) is 5.14 Å². The third kappa shape index (κ3) is 3.35. The third-order valence-electron chi connectivity index (χ3n) is 1.07. The van der Waals surface area contributed by atoms with Crippen molar-refractivity contribution >= 4 is 10.0 Å². The van der Waals surface area contributed by atoms with Crippen LogP contribution < -0.4 is 34.7 Å². The summed E-state index contributed by atoms with van der Waals surface area (Å²) in [5.41, 5.74) is 0. The zero-order chi connectivity index (χ0) is 7.61. The van der Waals surface area contributed by atoms with Gasteiger partial charge in [0, 0.05) is 0 Å². The Labute approximate surface area is 89.4 Å². The fourth-order valence-electron chi connectivity index (χ4n) is 0.610. The molecule has 56 valence electrons. The Morgan fingerprint density at radius 2 is 1.64 bits per heavy atom. The van der Waals surface area contributed by atoms with Gasteiger partial charge in [0.15, 0.2) is 0 Å². The van der Waals surface area contributed by atoms with Gasteiger partial charge in [0.05, 0.1) is 4.90 Å². The van der Waals surface area contributed by atoms with Crippen LogP contribution in [0.2, 0.25) is 0 Å². The van der Waals surface area contributed by atoms with Crippen LogP contribution in [0.15, 0.2) is 35.2 Å². The number of rotatable bonds is 1. The van der Waals surface area contributed by atoms with Gasteiger partial charge in [-0.1, -0.05) is 18.2 Å². The number of hydrogen-bond donors (Lipinski definition) is 1. The zero-order valence-electron chi connectivity index (χ0n) is 7.19. The molecule has 0 aliphatic heterocycles. The first-order chi connectivity index (χ1) is 4.61. The van der Waals surface area contributed by atoms with Gasteiger partial charge in [-0.15, -0.1) is 0 Å². The molecule has 0 aromatic heterocycles. The first kappa shape index (κ1) is 11.1. The molecule has 0 radical (unpaired) electrons. The molecule has 0 unspecified atom stereocenters. The summed E-state index contributed by atoms with van der Waals surface area (Å²) in [6.07, 6.45) is 0. The van der Waals surface area contributed by atoms with E-state index in [1.807, 2.05) is 0 Å². The van der Waals surface area contributed by atoms with Crippen molar-refractivity contribution < 1.29 is 39.4 Å². The van der Waals surface area contributed by atoms with Gasteiger partial charge < -0.3 is 1.43 Å². The van der Waals surface area contributed by atoms with Gasteiger partial charge in [-0.25, -0.2) is 13.6 Å². The van der Waals surface area contributed by atoms with E-state index in [-0.39, 0.29) is 35.9 Å². The van der Waals surface area contributed by atoms with E-state index < -0.39 is 10.0 Å². The molecule has 0 saturated carbocycles. The molecule has 1 aromatic rings. The molecule has 2 N–H and O–H groups in total. The summed E-state index contributed by atoms with van der Waals surface area (Å²) >= 11 is 0. The third-order valence-corrected chi connectivity index (χ3v) is 2.00. The molecule has 0 fully saturated rings. The minimum Gasteiger partial charge on any atom is -1.00 e. The predicted molar refractivity (Wildman–Crippen MR) is 38.9 cm³/mol. The second kappa shape index (κ2) is 4.23. The first-order valence-corrected chi connectivity index (χ1v) is 4.23. The van der Waals surface area contributed by atoms with Gasteiger partial charge in [-0.3, -0.25) is 0 Å². The maximum Gasteiger partial charge on any atom is 1.00 e. The molecular formula is C6H8NNaO2S. The van der Waals surface area contributed by atoms with Crippen LogP contribution in [0.3, 0.4) is 0 Å². The summed E-state index contributed by atoms with van der Waals surface area (Å²) < 4.78 is 21.2. The monoisotopic (exact) mass is 181 g/mol. The van der Waals surface area contributed by atoms with Crippen LogP contribution in [0.25, 0.3) is 0 Å². The summed E-state index contributed by atoms with van der Waals surface area (Å²) in [5.74, 6) is 0. The van der Waals surface area contributed by atoms with Crippen molar-refractivity contribution in [2.45, 2.75) is 4.90 Å². The summed E-state index contributed by atoms with van der Waals surface area (Å²) in [4.78, 5) is 0.148. The van der Waals surface area contributed by atoms with Crippen LogP contribution in [-0.2, 0) is 10.0 Å². The average molecular weight is 181 g/mol. The van der Waals surface area contributed by atoms with Crippen molar-refractivity contribution in [1.29, 1.82) is 0 Å². The quantitative estimate of drug-likeness (QED) is 0.485. The summed E-state index contributed by atoms with van der Waals surface area (Å²) in [6, 6.07) is 7.89. The molecular weight excluding hydrogens is 173 g/mol. The van der Waals surface area contributed by atoms with E-state index in [9.17, 15) is 8.42 Å². The van der Waals surface area contributed by atoms with Gasteiger partial charge in [-0.05, 0) is 12.1 Å². The Morgan fingerprint density at radius 3 is 1.91 bits per heavy atom. The van der Waals surface area contributed by atoms with Crippen LogP contribution in [0.4, 0.5) is 0 Å². The van der Waals surface area contributed by atoms with E-state index in [0.29, 0.717) is 0 Å². The SMILES string of the molecule is NS(=O)(=O)c1ccccc1.[H-].[Na+]. The maximum absolute atomic E-state index is 10.6. The number of sulfonamides is 1. The first-order valence-electron chi connectivity index (χ1n) is 2.68. The average Bonchev–Trinajstić information content (AvgIpc) is 1.88. The molecule has 0 aliphatic rings.